The van der Waals surface area contributed by atoms with Crippen molar-refractivity contribution in [2.24, 2.45) is 7.05 Å². The van der Waals surface area contributed by atoms with E-state index in [4.69, 9.17) is 0 Å². The van der Waals surface area contributed by atoms with Gasteiger partial charge in [-0.2, -0.15) is 0 Å². The normalized spacial score (nSPS) is 12.5. The van der Waals surface area contributed by atoms with E-state index in [2.05, 4.69) is 10.6 Å². The second kappa shape index (κ2) is 4.81. The highest BCUT2D eigenvalue weighted by Gasteiger charge is 2.09. The van der Waals surface area contributed by atoms with E-state index in [0.29, 0.717) is 0 Å². The second-order valence-electron chi connectivity index (χ2n) is 3.40. The molecule has 1 rings (SSSR count). The molecule has 1 heterocycles. The van der Waals surface area contributed by atoms with Crippen LogP contribution in [0, 0.1) is 0 Å². The van der Waals surface area contributed by atoms with Crippen LogP contribution in [0.4, 0.5) is 0 Å². The summed E-state index contributed by atoms with van der Waals surface area (Å²) in [6, 6.07) is 1.88. The minimum absolute atomic E-state index is 0.0148. The summed E-state index contributed by atoms with van der Waals surface area (Å²) in [7, 11) is 3.62. The number of aromatic nitrogens is 1. The van der Waals surface area contributed by atoms with Gasteiger partial charge in [-0.15, -0.1) is 0 Å². The van der Waals surface area contributed by atoms with Gasteiger partial charge < -0.3 is 15.2 Å². The van der Waals surface area contributed by atoms with Crippen molar-refractivity contribution in [1.82, 2.24) is 15.2 Å². The predicted octanol–water partition coefficient (Wildman–Crippen LogP) is 0.249. The molecule has 4 heteroatoms. The smallest absolute Gasteiger partial charge is 0.236 e. The van der Waals surface area contributed by atoms with E-state index in [1.807, 2.05) is 37.0 Å². The molecule has 0 aliphatic heterocycles. The number of nitrogens with zero attached hydrogens (tertiary/aromatic N) is 1. The number of nitrogens with one attached hydrogen (secondary N) is 2. The maximum Gasteiger partial charge on any atom is 0.236 e. The highest BCUT2D eigenvalue weighted by Crippen LogP contribution is 1.99. The molecular weight excluding hydrogens is 178 g/mol. The van der Waals surface area contributed by atoms with Crippen molar-refractivity contribution in [3.63, 3.8) is 0 Å². The Morgan fingerprint density at radius 3 is 2.86 bits per heavy atom. The van der Waals surface area contributed by atoms with E-state index in [1.54, 1.807) is 7.05 Å². The molecule has 1 unspecified atom stereocenters. The predicted molar refractivity (Wildman–Crippen MR) is 55.8 cm³/mol. The maximum atomic E-state index is 11.2. The first-order valence-corrected chi connectivity index (χ1v) is 4.69. The molecule has 0 aromatic carbocycles. The number of carbonyl (C=O) groups is 1. The van der Waals surface area contributed by atoms with Crippen LogP contribution < -0.4 is 10.6 Å². The SMILES string of the molecule is CNC(=O)C(C)NCc1ccn(C)c1. The number of likely N-dealkylation sites (N-methyl/N-ethyl adjacent to an activating group) is 1. The van der Waals surface area contributed by atoms with Crippen LogP contribution in [0.15, 0.2) is 18.5 Å². The second-order valence-corrected chi connectivity index (χ2v) is 3.40. The fourth-order valence-electron chi connectivity index (χ4n) is 1.25. The van der Waals surface area contributed by atoms with E-state index in [0.717, 1.165) is 6.54 Å². The van der Waals surface area contributed by atoms with Gasteiger partial charge >= 0.3 is 0 Å². The molecule has 0 radical (unpaired) electrons. The van der Waals surface area contributed by atoms with Crippen molar-refractivity contribution in [3.05, 3.63) is 24.0 Å². The number of amides is 1. The zero-order valence-electron chi connectivity index (χ0n) is 8.87. The first-order valence-electron chi connectivity index (χ1n) is 4.69. The standard InChI is InChI=1S/C10H17N3O/c1-8(10(14)11-2)12-6-9-4-5-13(3)7-9/h4-5,7-8,12H,6H2,1-3H3,(H,11,14). The molecule has 0 aliphatic carbocycles. The molecular formula is C10H17N3O. The number of carbonyl (C=O) groups excluding carboxylic acids is 1. The molecule has 0 fully saturated rings. The van der Waals surface area contributed by atoms with Crippen LogP contribution in [0.25, 0.3) is 0 Å². The highest BCUT2D eigenvalue weighted by atomic mass is 16.2. The van der Waals surface area contributed by atoms with E-state index >= 15 is 0 Å². The number of hydrogen-bond acceptors (Lipinski definition) is 2. The molecule has 0 saturated carbocycles. The molecule has 0 bridgehead atoms. The molecule has 1 aromatic heterocycles. The van der Waals surface area contributed by atoms with Crippen molar-refractivity contribution in [1.29, 1.82) is 0 Å². The molecule has 0 spiro atoms. The van der Waals surface area contributed by atoms with E-state index in [9.17, 15) is 4.79 Å². The monoisotopic (exact) mass is 195 g/mol. The summed E-state index contributed by atoms with van der Waals surface area (Å²) < 4.78 is 1.99. The fraction of sp³-hybridized carbons (Fsp3) is 0.500. The molecule has 2 N–H and O–H groups in total. The van der Waals surface area contributed by atoms with E-state index in [1.165, 1.54) is 5.56 Å². The highest BCUT2D eigenvalue weighted by molar-refractivity contribution is 5.80. The van der Waals surface area contributed by atoms with E-state index in [-0.39, 0.29) is 11.9 Å². The fourth-order valence-corrected chi connectivity index (χ4v) is 1.25. The van der Waals surface area contributed by atoms with Gasteiger partial charge in [0.2, 0.25) is 5.91 Å². The third kappa shape index (κ3) is 2.88. The third-order valence-corrected chi connectivity index (χ3v) is 2.15. The topological polar surface area (TPSA) is 46.1 Å². The zero-order chi connectivity index (χ0) is 10.6. The Balaban J connectivity index is 2.37. The van der Waals surface area contributed by atoms with Gasteiger partial charge in [-0.25, -0.2) is 0 Å². The molecule has 0 aliphatic rings. The van der Waals surface area contributed by atoms with Gasteiger partial charge in [0.15, 0.2) is 0 Å². The summed E-state index contributed by atoms with van der Waals surface area (Å²) in [4.78, 5) is 11.2. The Hall–Kier alpha value is -1.29. The maximum absolute atomic E-state index is 11.2. The third-order valence-electron chi connectivity index (χ3n) is 2.15. The molecule has 14 heavy (non-hydrogen) atoms. The summed E-state index contributed by atoms with van der Waals surface area (Å²) in [5, 5.41) is 5.74. The van der Waals surface area contributed by atoms with Crippen LogP contribution in [0.1, 0.15) is 12.5 Å². The lowest BCUT2D eigenvalue weighted by Gasteiger charge is -2.10. The lowest BCUT2D eigenvalue weighted by atomic mass is 10.3. The Morgan fingerprint density at radius 2 is 2.36 bits per heavy atom. The van der Waals surface area contributed by atoms with Gasteiger partial charge in [-0.1, -0.05) is 0 Å². The van der Waals surface area contributed by atoms with Crippen molar-refractivity contribution in [3.8, 4) is 0 Å². The average Bonchev–Trinajstić information content (AvgIpc) is 2.59. The Morgan fingerprint density at radius 1 is 1.64 bits per heavy atom. The molecule has 78 valence electrons. The van der Waals surface area contributed by atoms with Crippen molar-refractivity contribution in [2.75, 3.05) is 7.05 Å². The molecule has 0 saturated heterocycles. The van der Waals surface area contributed by atoms with Gasteiger partial charge in [0.05, 0.1) is 6.04 Å². The molecule has 1 amide bonds. The van der Waals surface area contributed by atoms with Gasteiger partial charge in [-0.05, 0) is 18.6 Å². The number of aryl methyl sites for hydroxylation is 1. The quantitative estimate of drug-likeness (QED) is 0.723. The first kappa shape index (κ1) is 10.8. The summed E-state index contributed by atoms with van der Waals surface area (Å²) in [5.41, 5.74) is 1.18. The first-order chi connectivity index (χ1) is 6.63. The lowest BCUT2D eigenvalue weighted by Crippen LogP contribution is -2.40. The van der Waals surface area contributed by atoms with Crippen LogP contribution in [0.3, 0.4) is 0 Å². The zero-order valence-corrected chi connectivity index (χ0v) is 8.87. The Kier molecular flexibility index (Phi) is 3.71. The van der Waals surface area contributed by atoms with Crippen molar-refractivity contribution < 1.29 is 4.79 Å². The summed E-state index contributed by atoms with van der Waals surface area (Å²) >= 11 is 0. The van der Waals surface area contributed by atoms with Crippen LogP contribution >= 0.6 is 0 Å². The van der Waals surface area contributed by atoms with Crippen LogP contribution in [-0.2, 0) is 18.4 Å². The van der Waals surface area contributed by atoms with Crippen molar-refractivity contribution >= 4 is 5.91 Å². The summed E-state index contributed by atoms with van der Waals surface area (Å²) in [6.45, 7) is 2.57. The largest absolute Gasteiger partial charge is 0.358 e. The van der Waals surface area contributed by atoms with Gasteiger partial charge in [0, 0.05) is 33.0 Å². The number of hydrogen-bond donors (Lipinski definition) is 2. The minimum atomic E-state index is -0.153. The minimum Gasteiger partial charge on any atom is -0.358 e. The van der Waals surface area contributed by atoms with Gasteiger partial charge in [0.25, 0.3) is 0 Å². The van der Waals surface area contributed by atoms with Gasteiger partial charge in [-0.3, -0.25) is 4.79 Å². The molecule has 1 atom stereocenters. The Bertz CT molecular complexity index is 306. The Labute approximate surface area is 84.3 Å². The van der Waals surface area contributed by atoms with Gasteiger partial charge in [0.1, 0.15) is 0 Å². The molecule has 4 nitrogen and oxygen atoms in total. The summed E-state index contributed by atoms with van der Waals surface area (Å²) in [6.07, 6.45) is 4.02. The van der Waals surface area contributed by atoms with E-state index < -0.39 is 0 Å². The molecule has 1 aromatic rings. The number of rotatable bonds is 4. The van der Waals surface area contributed by atoms with Crippen LogP contribution in [-0.4, -0.2) is 23.6 Å². The van der Waals surface area contributed by atoms with Crippen molar-refractivity contribution in [2.45, 2.75) is 19.5 Å². The lowest BCUT2D eigenvalue weighted by molar-refractivity contribution is -0.122. The summed E-state index contributed by atoms with van der Waals surface area (Å²) in [5.74, 6) is 0.0148. The average molecular weight is 195 g/mol. The van der Waals surface area contributed by atoms with Crippen LogP contribution in [0.2, 0.25) is 0 Å². The van der Waals surface area contributed by atoms with Crippen LogP contribution in [0.5, 0.6) is 0 Å².